The average molecular weight is 363 g/mol. The van der Waals surface area contributed by atoms with Crippen LogP contribution in [-0.4, -0.2) is 38.2 Å². The van der Waals surface area contributed by atoms with Gasteiger partial charge < -0.3 is 11.1 Å². The zero-order chi connectivity index (χ0) is 19.2. The number of rotatable bonds is 7. The molecule has 1 unspecified atom stereocenters. The molecule has 1 aromatic carbocycles. The van der Waals surface area contributed by atoms with Crippen LogP contribution in [0.5, 0.6) is 0 Å². The number of primary amides is 1. The van der Waals surface area contributed by atoms with Gasteiger partial charge >= 0.3 is 0 Å². The summed E-state index contributed by atoms with van der Waals surface area (Å²) in [7, 11) is 0. The molecule has 27 heavy (non-hydrogen) atoms. The second-order valence-electron chi connectivity index (χ2n) is 5.80. The monoisotopic (exact) mass is 363 g/mol. The van der Waals surface area contributed by atoms with Crippen LogP contribution in [0, 0.1) is 0 Å². The van der Waals surface area contributed by atoms with E-state index in [1.807, 2.05) is 6.07 Å². The van der Waals surface area contributed by atoms with E-state index in [1.54, 1.807) is 48.8 Å². The molecule has 2 heterocycles. The van der Waals surface area contributed by atoms with E-state index in [9.17, 15) is 14.4 Å². The van der Waals surface area contributed by atoms with Gasteiger partial charge in [-0.1, -0.05) is 30.3 Å². The minimum absolute atomic E-state index is 0.148. The molecular formula is C19H17N5O3. The Hall–Kier alpha value is -3.81. The van der Waals surface area contributed by atoms with Crippen molar-refractivity contribution in [1.29, 1.82) is 0 Å². The number of aromatic nitrogens is 3. The first kappa shape index (κ1) is 18.0. The van der Waals surface area contributed by atoms with Crippen molar-refractivity contribution in [3.8, 4) is 5.69 Å². The number of hydrogen-bond acceptors (Lipinski definition) is 5. The summed E-state index contributed by atoms with van der Waals surface area (Å²) in [5.74, 6) is -2.51. The Labute approximate surface area is 155 Å². The van der Waals surface area contributed by atoms with Gasteiger partial charge in [0.25, 0.3) is 11.8 Å². The van der Waals surface area contributed by atoms with Crippen molar-refractivity contribution >= 4 is 17.6 Å². The largest absolute Gasteiger partial charge is 0.363 e. The number of nitrogens with two attached hydrogens (primary N) is 1. The number of imidazole rings is 1. The van der Waals surface area contributed by atoms with Crippen LogP contribution in [0.3, 0.4) is 0 Å². The molecule has 0 aliphatic rings. The van der Waals surface area contributed by atoms with E-state index in [1.165, 1.54) is 17.1 Å². The number of pyridine rings is 1. The fourth-order valence-corrected chi connectivity index (χ4v) is 2.63. The molecule has 3 aromatic rings. The standard InChI is InChI=1S/C19H17N5O3/c20-18(26)17(25)15(9-13-5-2-1-3-6-13)23-19(27)16-11-22-12-24(16)14-7-4-8-21-10-14/h1-8,10-12,15H,9H2,(H2,20,26)(H,23,27). The number of hydrogen-bond donors (Lipinski definition) is 2. The minimum atomic E-state index is -1.10. The summed E-state index contributed by atoms with van der Waals surface area (Å²) in [6, 6.07) is 11.5. The molecule has 3 N–H and O–H groups in total. The molecule has 0 bridgehead atoms. The Morgan fingerprint density at radius 3 is 2.48 bits per heavy atom. The highest BCUT2D eigenvalue weighted by atomic mass is 16.2. The number of ketones is 1. The number of benzene rings is 1. The quantitative estimate of drug-likeness (QED) is 0.598. The molecule has 0 fully saturated rings. The van der Waals surface area contributed by atoms with Crippen molar-refractivity contribution in [2.24, 2.45) is 5.73 Å². The summed E-state index contributed by atoms with van der Waals surface area (Å²) >= 11 is 0. The summed E-state index contributed by atoms with van der Waals surface area (Å²) < 4.78 is 1.54. The summed E-state index contributed by atoms with van der Waals surface area (Å²) in [5.41, 5.74) is 6.78. The first-order chi connectivity index (χ1) is 13.1. The lowest BCUT2D eigenvalue weighted by molar-refractivity contribution is -0.137. The first-order valence-corrected chi connectivity index (χ1v) is 8.17. The smallest absolute Gasteiger partial charge is 0.287 e. The molecule has 0 saturated heterocycles. The number of nitrogens with zero attached hydrogens (tertiary/aromatic N) is 3. The SMILES string of the molecule is NC(=O)C(=O)C(Cc1ccccc1)NC(=O)c1cncn1-c1cccnc1. The number of nitrogens with one attached hydrogen (secondary N) is 1. The third-order valence-electron chi connectivity index (χ3n) is 3.94. The lowest BCUT2D eigenvalue weighted by Crippen LogP contribution is -2.47. The molecule has 0 saturated carbocycles. The Kier molecular flexibility index (Phi) is 5.36. The van der Waals surface area contributed by atoms with Crippen molar-refractivity contribution < 1.29 is 14.4 Å². The van der Waals surface area contributed by atoms with E-state index in [-0.39, 0.29) is 12.1 Å². The fourth-order valence-electron chi connectivity index (χ4n) is 2.63. The van der Waals surface area contributed by atoms with Gasteiger partial charge in [-0.2, -0.15) is 0 Å². The maximum absolute atomic E-state index is 12.7. The predicted molar refractivity (Wildman–Crippen MR) is 97.0 cm³/mol. The van der Waals surface area contributed by atoms with Gasteiger partial charge in [-0.25, -0.2) is 4.98 Å². The lowest BCUT2D eigenvalue weighted by atomic mass is 10.0. The molecule has 2 aromatic heterocycles. The first-order valence-electron chi connectivity index (χ1n) is 8.17. The third-order valence-corrected chi connectivity index (χ3v) is 3.94. The summed E-state index contributed by atoms with van der Waals surface area (Å²) in [4.78, 5) is 44.3. The molecule has 0 aliphatic carbocycles. The minimum Gasteiger partial charge on any atom is -0.363 e. The van der Waals surface area contributed by atoms with Crippen LogP contribution < -0.4 is 11.1 Å². The van der Waals surface area contributed by atoms with Gasteiger partial charge in [-0.3, -0.25) is 23.9 Å². The molecule has 0 spiro atoms. The van der Waals surface area contributed by atoms with Crippen LogP contribution in [0.2, 0.25) is 0 Å². The van der Waals surface area contributed by atoms with E-state index in [0.717, 1.165) is 5.56 Å². The van der Waals surface area contributed by atoms with Crippen molar-refractivity contribution in [1.82, 2.24) is 19.9 Å². The van der Waals surface area contributed by atoms with Gasteiger partial charge in [0.05, 0.1) is 24.4 Å². The second-order valence-corrected chi connectivity index (χ2v) is 5.80. The van der Waals surface area contributed by atoms with Gasteiger partial charge in [0.1, 0.15) is 11.7 Å². The van der Waals surface area contributed by atoms with Gasteiger partial charge in [-0.05, 0) is 17.7 Å². The third kappa shape index (κ3) is 4.24. The molecular weight excluding hydrogens is 346 g/mol. The average Bonchev–Trinajstić information content (AvgIpc) is 3.18. The molecule has 3 rings (SSSR count). The number of amides is 2. The van der Waals surface area contributed by atoms with E-state index < -0.39 is 23.6 Å². The molecule has 8 heteroatoms. The number of carbonyl (C=O) groups is 3. The predicted octanol–water partition coefficient (Wildman–Crippen LogP) is 0.663. The Bertz CT molecular complexity index is 954. The van der Waals surface area contributed by atoms with Gasteiger partial charge in [0.2, 0.25) is 5.78 Å². The lowest BCUT2D eigenvalue weighted by Gasteiger charge is -2.17. The second kappa shape index (κ2) is 8.05. The van der Waals surface area contributed by atoms with Crippen LogP contribution in [0.4, 0.5) is 0 Å². The Balaban J connectivity index is 1.84. The van der Waals surface area contributed by atoms with Crippen LogP contribution in [-0.2, 0) is 16.0 Å². The van der Waals surface area contributed by atoms with Crippen molar-refractivity contribution in [3.63, 3.8) is 0 Å². The zero-order valence-electron chi connectivity index (χ0n) is 14.3. The van der Waals surface area contributed by atoms with Crippen LogP contribution >= 0.6 is 0 Å². The Morgan fingerprint density at radius 2 is 1.81 bits per heavy atom. The molecule has 136 valence electrons. The van der Waals surface area contributed by atoms with Crippen LogP contribution in [0.15, 0.2) is 67.4 Å². The molecule has 8 nitrogen and oxygen atoms in total. The van der Waals surface area contributed by atoms with E-state index >= 15 is 0 Å². The molecule has 0 radical (unpaired) electrons. The van der Waals surface area contributed by atoms with Crippen LogP contribution in [0.1, 0.15) is 16.1 Å². The van der Waals surface area contributed by atoms with Crippen molar-refractivity contribution in [2.75, 3.05) is 0 Å². The molecule has 2 amide bonds. The number of Topliss-reactive ketones (excluding diaryl/α,β-unsaturated/α-hetero) is 1. The summed E-state index contributed by atoms with van der Waals surface area (Å²) in [5, 5.41) is 2.59. The zero-order valence-corrected chi connectivity index (χ0v) is 14.3. The van der Waals surface area contributed by atoms with E-state index in [0.29, 0.717) is 5.69 Å². The van der Waals surface area contributed by atoms with Gasteiger partial charge in [-0.15, -0.1) is 0 Å². The van der Waals surface area contributed by atoms with Gasteiger partial charge in [0, 0.05) is 12.6 Å². The summed E-state index contributed by atoms with van der Waals surface area (Å²) in [6.45, 7) is 0. The Morgan fingerprint density at radius 1 is 1.04 bits per heavy atom. The van der Waals surface area contributed by atoms with Crippen LogP contribution in [0.25, 0.3) is 5.69 Å². The maximum atomic E-state index is 12.7. The van der Waals surface area contributed by atoms with Gasteiger partial charge in [0.15, 0.2) is 0 Å². The molecule has 0 aliphatic heterocycles. The normalized spacial score (nSPS) is 11.6. The summed E-state index contributed by atoms with van der Waals surface area (Å²) in [6.07, 6.45) is 6.18. The van der Waals surface area contributed by atoms with Crippen molar-refractivity contribution in [3.05, 3.63) is 78.6 Å². The fraction of sp³-hybridized carbons (Fsp3) is 0.105. The van der Waals surface area contributed by atoms with Crippen molar-refractivity contribution in [2.45, 2.75) is 12.5 Å². The molecule has 1 atom stereocenters. The maximum Gasteiger partial charge on any atom is 0.287 e. The van der Waals surface area contributed by atoms with E-state index in [2.05, 4.69) is 15.3 Å². The number of carbonyl (C=O) groups excluding carboxylic acids is 3. The topological polar surface area (TPSA) is 120 Å². The highest BCUT2D eigenvalue weighted by molar-refractivity contribution is 6.38. The highest BCUT2D eigenvalue weighted by Crippen LogP contribution is 2.11. The van der Waals surface area contributed by atoms with E-state index in [4.69, 9.17) is 5.73 Å². The highest BCUT2D eigenvalue weighted by Gasteiger charge is 2.27.